The summed E-state index contributed by atoms with van der Waals surface area (Å²) in [6.45, 7) is 11.4. The molecular weight excluding hydrogens is 420 g/mol. The van der Waals surface area contributed by atoms with Crippen LogP contribution in [0.2, 0.25) is 0 Å². The molecule has 1 rings (SSSR count). The average molecular weight is 473 g/mol. The van der Waals surface area contributed by atoms with Gasteiger partial charge in [-0.3, -0.25) is 0 Å². The number of aliphatic hydroxyl groups is 4. The fourth-order valence-corrected chi connectivity index (χ4v) is 4.50. The maximum absolute atomic E-state index is 9.99. The molecule has 33 heavy (non-hydrogen) atoms. The Kier molecular flexibility index (Phi) is 15.7. The van der Waals surface area contributed by atoms with E-state index in [2.05, 4.69) is 40.7 Å². The van der Waals surface area contributed by atoms with Crippen LogP contribution in [0, 0.1) is 17.8 Å². The Bertz CT molecular complexity index is 521. The first-order valence-electron chi connectivity index (χ1n) is 13.2. The zero-order valence-corrected chi connectivity index (χ0v) is 21.8. The van der Waals surface area contributed by atoms with Gasteiger partial charge in [-0.05, 0) is 43.9 Å². The number of ether oxygens (including phenoxy) is 2. The summed E-state index contributed by atoms with van der Waals surface area (Å²) < 4.78 is 10.9. The molecule has 0 radical (unpaired) electrons. The van der Waals surface area contributed by atoms with Crippen LogP contribution in [0.5, 0.6) is 0 Å². The highest BCUT2D eigenvalue weighted by Gasteiger charge is 2.43. The summed E-state index contributed by atoms with van der Waals surface area (Å²) in [6, 6.07) is 0. The number of rotatable bonds is 17. The minimum Gasteiger partial charge on any atom is -0.394 e. The van der Waals surface area contributed by atoms with E-state index in [1.807, 2.05) is 0 Å². The zero-order valence-electron chi connectivity index (χ0n) is 21.8. The van der Waals surface area contributed by atoms with Gasteiger partial charge in [0, 0.05) is 0 Å². The molecule has 0 aromatic heterocycles. The average Bonchev–Trinajstić information content (AvgIpc) is 2.76. The van der Waals surface area contributed by atoms with Crippen molar-refractivity contribution in [3.63, 3.8) is 0 Å². The van der Waals surface area contributed by atoms with E-state index in [1.165, 1.54) is 56.9 Å². The number of allylic oxidation sites excluding steroid dienone is 1. The van der Waals surface area contributed by atoms with Crippen molar-refractivity contribution in [2.45, 2.75) is 130 Å². The van der Waals surface area contributed by atoms with Crippen LogP contribution in [-0.2, 0) is 9.47 Å². The van der Waals surface area contributed by atoms with Gasteiger partial charge in [0.05, 0.1) is 13.2 Å². The Morgan fingerprint density at radius 3 is 2.00 bits per heavy atom. The summed E-state index contributed by atoms with van der Waals surface area (Å²) in [5.41, 5.74) is 1.33. The largest absolute Gasteiger partial charge is 0.394 e. The van der Waals surface area contributed by atoms with Crippen molar-refractivity contribution in [1.82, 2.24) is 0 Å². The van der Waals surface area contributed by atoms with Gasteiger partial charge >= 0.3 is 0 Å². The molecule has 6 heteroatoms. The molecule has 0 amide bonds. The van der Waals surface area contributed by atoms with Crippen LogP contribution < -0.4 is 0 Å². The lowest BCUT2D eigenvalue weighted by Gasteiger charge is -2.39. The van der Waals surface area contributed by atoms with Crippen LogP contribution in [0.4, 0.5) is 0 Å². The van der Waals surface area contributed by atoms with Crippen LogP contribution in [0.25, 0.3) is 0 Å². The van der Waals surface area contributed by atoms with E-state index in [9.17, 15) is 20.4 Å². The molecule has 7 unspecified atom stereocenters. The first-order chi connectivity index (χ1) is 15.6. The van der Waals surface area contributed by atoms with Crippen molar-refractivity contribution in [1.29, 1.82) is 0 Å². The molecule has 196 valence electrons. The van der Waals surface area contributed by atoms with E-state index >= 15 is 0 Å². The van der Waals surface area contributed by atoms with Crippen molar-refractivity contribution in [3.05, 3.63) is 11.6 Å². The molecule has 0 aliphatic carbocycles. The Morgan fingerprint density at radius 1 is 0.848 bits per heavy atom. The molecule has 1 aliphatic rings. The molecule has 0 aromatic carbocycles. The normalized spacial score (nSPS) is 28.3. The summed E-state index contributed by atoms with van der Waals surface area (Å²) in [5.74, 6) is 2.45. The van der Waals surface area contributed by atoms with Crippen LogP contribution in [0.1, 0.15) is 98.8 Å². The van der Waals surface area contributed by atoms with Gasteiger partial charge < -0.3 is 29.9 Å². The lowest BCUT2D eigenvalue weighted by molar-refractivity contribution is -0.300. The van der Waals surface area contributed by atoms with Gasteiger partial charge in [-0.1, -0.05) is 84.3 Å². The molecule has 0 spiro atoms. The molecule has 0 aromatic rings. The van der Waals surface area contributed by atoms with Crippen LogP contribution >= 0.6 is 0 Å². The van der Waals surface area contributed by atoms with Gasteiger partial charge in [0.15, 0.2) is 6.29 Å². The third kappa shape index (κ3) is 12.7. The minimum atomic E-state index is -1.40. The summed E-state index contributed by atoms with van der Waals surface area (Å²) in [5, 5.41) is 38.8. The summed E-state index contributed by atoms with van der Waals surface area (Å²) >= 11 is 0. The zero-order chi connectivity index (χ0) is 24.8. The molecule has 1 saturated heterocycles. The fraction of sp³-hybridized carbons (Fsp3) is 0.926. The van der Waals surface area contributed by atoms with E-state index in [-0.39, 0.29) is 0 Å². The molecule has 7 atom stereocenters. The summed E-state index contributed by atoms with van der Waals surface area (Å²) in [6.07, 6.45) is 8.42. The van der Waals surface area contributed by atoms with E-state index in [0.29, 0.717) is 13.0 Å². The fourth-order valence-electron chi connectivity index (χ4n) is 4.50. The SMILES string of the molecule is C/C(=C\CCOC1OC(CO)C(O)C(O)C1O)CCCC(C)CCCC(C)CCCC(C)C. The lowest BCUT2D eigenvalue weighted by atomic mass is 9.91. The van der Waals surface area contributed by atoms with Gasteiger partial charge in [-0.2, -0.15) is 0 Å². The van der Waals surface area contributed by atoms with E-state index in [1.54, 1.807) is 0 Å². The van der Waals surface area contributed by atoms with Gasteiger partial charge in [0.25, 0.3) is 0 Å². The Labute approximate surface area is 202 Å². The highest BCUT2D eigenvalue weighted by Crippen LogP contribution is 2.23. The first kappa shape index (κ1) is 30.5. The molecule has 1 fully saturated rings. The molecule has 0 bridgehead atoms. The lowest BCUT2D eigenvalue weighted by Crippen LogP contribution is -2.59. The Balaban J connectivity index is 2.13. The van der Waals surface area contributed by atoms with Crippen LogP contribution in [-0.4, -0.2) is 64.3 Å². The summed E-state index contributed by atoms with van der Waals surface area (Å²) in [7, 11) is 0. The predicted molar refractivity (Wildman–Crippen MR) is 133 cm³/mol. The van der Waals surface area contributed by atoms with Gasteiger partial charge in [-0.15, -0.1) is 0 Å². The highest BCUT2D eigenvalue weighted by molar-refractivity contribution is 4.97. The quantitative estimate of drug-likeness (QED) is 0.183. The Hall–Kier alpha value is -0.500. The number of hydrogen-bond acceptors (Lipinski definition) is 6. The molecule has 1 aliphatic heterocycles. The maximum Gasteiger partial charge on any atom is 0.186 e. The van der Waals surface area contributed by atoms with Crippen molar-refractivity contribution >= 4 is 0 Å². The monoisotopic (exact) mass is 472 g/mol. The smallest absolute Gasteiger partial charge is 0.186 e. The van der Waals surface area contributed by atoms with Crippen molar-refractivity contribution < 1.29 is 29.9 Å². The summed E-state index contributed by atoms with van der Waals surface area (Å²) in [4.78, 5) is 0. The number of hydrogen-bond donors (Lipinski definition) is 4. The second-order valence-electron chi connectivity index (χ2n) is 10.8. The molecule has 0 saturated carbocycles. The second-order valence-corrected chi connectivity index (χ2v) is 10.8. The minimum absolute atomic E-state index is 0.339. The topological polar surface area (TPSA) is 99.4 Å². The Morgan fingerprint density at radius 2 is 1.42 bits per heavy atom. The van der Waals surface area contributed by atoms with Gasteiger partial charge in [0.2, 0.25) is 0 Å². The third-order valence-corrected chi connectivity index (χ3v) is 6.88. The van der Waals surface area contributed by atoms with Gasteiger partial charge in [0.1, 0.15) is 24.4 Å². The first-order valence-corrected chi connectivity index (χ1v) is 13.2. The van der Waals surface area contributed by atoms with E-state index < -0.39 is 37.3 Å². The van der Waals surface area contributed by atoms with Crippen molar-refractivity contribution in [2.24, 2.45) is 17.8 Å². The van der Waals surface area contributed by atoms with Crippen LogP contribution in [0.3, 0.4) is 0 Å². The van der Waals surface area contributed by atoms with Crippen molar-refractivity contribution in [3.8, 4) is 0 Å². The molecule has 1 heterocycles. The highest BCUT2D eigenvalue weighted by atomic mass is 16.7. The third-order valence-electron chi connectivity index (χ3n) is 6.88. The maximum atomic E-state index is 9.99. The second kappa shape index (κ2) is 17.0. The standard InChI is InChI=1S/C27H52O6/c1-19(2)10-6-11-20(3)12-7-13-21(4)14-8-15-22(5)16-9-17-32-27-26(31)25(30)24(29)23(18-28)33-27/h16,19-21,23-31H,6-15,17-18H2,1-5H3/b22-16+. The number of aliphatic hydroxyl groups excluding tert-OH is 4. The van der Waals surface area contributed by atoms with Crippen molar-refractivity contribution in [2.75, 3.05) is 13.2 Å². The van der Waals surface area contributed by atoms with E-state index in [4.69, 9.17) is 9.47 Å². The predicted octanol–water partition coefficient (Wildman–Crippen LogP) is 4.58. The molecule has 6 nitrogen and oxygen atoms in total. The van der Waals surface area contributed by atoms with E-state index in [0.717, 1.165) is 24.2 Å². The molecular formula is C27H52O6. The van der Waals surface area contributed by atoms with Crippen LogP contribution in [0.15, 0.2) is 11.6 Å². The van der Waals surface area contributed by atoms with Gasteiger partial charge in [-0.25, -0.2) is 0 Å². The molecule has 4 N–H and O–H groups in total.